The molecule has 0 aliphatic carbocycles. The lowest BCUT2D eigenvalue weighted by atomic mass is 10.1. The summed E-state index contributed by atoms with van der Waals surface area (Å²) >= 11 is 1.81. The largest absolute Gasteiger partial charge is 0.497 e. The predicted octanol–water partition coefficient (Wildman–Crippen LogP) is 3.30. The average molecular weight is 288 g/mol. The normalized spacial score (nSPS) is 12.2. The number of hydrogen-bond acceptors (Lipinski definition) is 4. The Bertz CT molecular complexity index is 542. The lowest BCUT2D eigenvalue weighted by Gasteiger charge is -2.17. The van der Waals surface area contributed by atoms with E-state index in [1.807, 2.05) is 36.0 Å². The van der Waals surface area contributed by atoms with Gasteiger partial charge in [-0.2, -0.15) is 0 Å². The third kappa shape index (κ3) is 3.76. The van der Waals surface area contributed by atoms with Gasteiger partial charge < -0.3 is 4.74 Å². The summed E-state index contributed by atoms with van der Waals surface area (Å²) in [5.74, 6) is 7.42. The Morgan fingerprint density at radius 3 is 2.45 bits per heavy atom. The summed E-state index contributed by atoms with van der Waals surface area (Å²) in [4.78, 5) is 1.29. The number of rotatable bonds is 6. The summed E-state index contributed by atoms with van der Waals surface area (Å²) in [6.45, 7) is 2.13. The Hall–Kier alpha value is -1.49. The molecule has 0 heterocycles. The maximum absolute atomic E-state index is 5.68. The van der Waals surface area contributed by atoms with Crippen molar-refractivity contribution >= 4 is 11.8 Å². The lowest BCUT2D eigenvalue weighted by molar-refractivity contribution is 0.414. The van der Waals surface area contributed by atoms with Gasteiger partial charge in [-0.3, -0.25) is 11.3 Å². The molecular weight excluding hydrogens is 268 g/mol. The number of hydrazine groups is 1. The van der Waals surface area contributed by atoms with Gasteiger partial charge in [-0.15, -0.1) is 11.8 Å². The van der Waals surface area contributed by atoms with E-state index in [0.29, 0.717) is 0 Å². The van der Waals surface area contributed by atoms with Crippen LogP contribution in [-0.4, -0.2) is 12.9 Å². The number of benzene rings is 2. The van der Waals surface area contributed by atoms with E-state index in [9.17, 15) is 0 Å². The molecule has 2 aromatic carbocycles. The van der Waals surface area contributed by atoms with Gasteiger partial charge in [0.15, 0.2) is 0 Å². The SMILES string of the molecule is COc1ccc(C(CSc2ccccc2C)NN)cc1. The second-order valence-electron chi connectivity index (χ2n) is 4.57. The van der Waals surface area contributed by atoms with Gasteiger partial charge >= 0.3 is 0 Å². The maximum atomic E-state index is 5.68. The van der Waals surface area contributed by atoms with E-state index in [-0.39, 0.29) is 6.04 Å². The van der Waals surface area contributed by atoms with Crippen LogP contribution in [0.15, 0.2) is 53.4 Å². The van der Waals surface area contributed by atoms with Gasteiger partial charge in [0.1, 0.15) is 5.75 Å². The zero-order chi connectivity index (χ0) is 14.4. The van der Waals surface area contributed by atoms with Crippen molar-refractivity contribution in [2.75, 3.05) is 12.9 Å². The van der Waals surface area contributed by atoms with E-state index >= 15 is 0 Å². The van der Waals surface area contributed by atoms with Gasteiger partial charge in [-0.1, -0.05) is 30.3 Å². The minimum Gasteiger partial charge on any atom is -0.497 e. The van der Waals surface area contributed by atoms with Crippen LogP contribution in [0.3, 0.4) is 0 Å². The van der Waals surface area contributed by atoms with Gasteiger partial charge in [0.25, 0.3) is 0 Å². The number of nitrogens with two attached hydrogens (primary N) is 1. The molecule has 3 nitrogen and oxygen atoms in total. The summed E-state index contributed by atoms with van der Waals surface area (Å²) in [6.07, 6.45) is 0. The average Bonchev–Trinajstić information content (AvgIpc) is 2.50. The second-order valence-corrected chi connectivity index (χ2v) is 5.63. The van der Waals surface area contributed by atoms with Gasteiger partial charge in [-0.05, 0) is 36.2 Å². The Kier molecular flexibility index (Phi) is 5.47. The Labute approximate surface area is 124 Å². The van der Waals surface area contributed by atoms with Crippen LogP contribution in [0.2, 0.25) is 0 Å². The molecule has 0 aliphatic rings. The molecule has 0 amide bonds. The van der Waals surface area contributed by atoms with E-state index in [1.54, 1.807) is 7.11 Å². The standard InChI is InChI=1S/C16H20N2OS/c1-12-5-3-4-6-16(12)20-11-15(18-17)13-7-9-14(19-2)10-8-13/h3-10,15,18H,11,17H2,1-2H3. The first-order valence-electron chi connectivity index (χ1n) is 6.53. The zero-order valence-electron chi connectivity index (χ0n) is 11.8. The van der Waals surface area contributed by atoms with Crippen molar-refractivity contribution < 1.29 is 4.74 Å². The molecule has 20 heavy (non-hydrogen) atoms. The van der Waals surface area contributed by atoms with Crippen LogP contribution in [0.5, 0.6) is 5.75 Å². The highest BCUT2D eigenvalue weighted by Crippen LogP contribution is 2.27. The summed E-state index contributed by atoms with van der Waals surface area (Å²) in [5.41, 5.74) is 5.34. The molecule has 0 bridgehead atoms. The van der Waals surface area contributed by atoms with Crippen molar-refractivity contribution in [2.45, 2.75) is 17.9 Å². The Morgan fingerprint density at radius 1 is 1.15 bits per heavy atom. The minimum atomic E-state index is 0.116. The number of nitrogens with one attached hydrogen (secondary N) is 1. The van der Waals surface area contributed by atoms with E-state index in [4.69, 9.17) is 10.6 Å². The van der Waals surface area contributed by atoms with Gasteiger partial charge in [-0.25, -0.2) is 0 Å². The summed E-state index contributed by atoms with van der Waals surface area (Å²) in [5, 5.41) is 0. The van der Waals surface area contributed by atoms with Gasteiger partial charge in [0.2, 0.25) is 0 Å². The monoisotopic (exact) mass is 288 g/mol. The number of ether oxygens (including phenoxy) is 1. The van der Waals surface area contributed by atoms with Crippen LogP contribution in [0.4, 0.5) is 0 Å². The summed E-state index contributed by atoms with van der Waals surface area (Å²) < 4.78 is 5.17. The van der Waals surface area contributed by atoms with Crippen molar-refractivity contribution in [2.24, 2.45) is 5.84 Å². The molecule has 0 saturated carbocycles. The van der Waals surface area contributed by atoms with Crippen molar-refractivity contribution in [3.05, 3.63) is 59.7 Å². The van der Waals surface area contributed by atoms with Crippen LogP contribution in [0, 0.1) is 6.92 Å². The topological polar surface area (TPSA) is 47.3 Å². The molecule has 106 valence electrons. The van der Waals surface area contributed by atoms with E-state index < -0.39 is 0 Å². The highest BCUT2D eigenvalue weighted by molar-refractivity contribution is 7.99. The molecule has 0 spiro atoms. The van der Waals surface area contributed by atoms with Crippen molar-refractivity contribution in [3.8, 4) is 5.75 Å². The molecule has 2 aromatic rings. The first kappa shape index (κ1) is 14.9. The van der Waals surface area contributed by atoms with Crippen LogP contribution < -0.4 is 16.0 Å². The van der Waals surface area contributed by atoms with Crippen LogP contribution in [0.1, 0.15) is 17.2 Å². The highest BCUT2D eigenvalue weighted by Gasteiger charge is 2.11. The maximum Gasteiger partial charge on any atom is 0.118 e. The first-order chi connectivity index (χ1) is 9.74. The molecule has 0 fully saturated rings. The van der Waals surface area contributed by atoms with E-state index in [1.165, 1.54) is 10.5 Å². The third-order valence-corrected chi connectivity index (χ3v) is 4.49. The smallest absolute Gasteiger partial charge is 0.118 e. The summed E-state index contributed by atoms with van der Waals surface area (Å²) in [6, 6.07) is 16.5. The first-order valence-corrected chi connectivity index (χ1v) is 7.51. The fourth-order valence-electron chi connectivity index (χ4n) is 1.97. The number of aryl methyl sites for hydroxylation is 1. The van der Waals surface area contributed by atoms with E-state index in [2.05, 4.69) is 36.6 Å². The Balaban J connectivity index is 2.03. The molecule has 0 aromatic heterocycles. The molecule has 0 radical (unpaired) electrons. The van der Waals surface area contributed by atoms with Crippen LogP contribution in [-0.2, 0) is 0 Å². The second kappa shape index (κ2) is 7.33. The molecule has 1 atom stereocenters. The molecule has 4 heteroatoms. The predicted molar refractivity (Wildman–Crippen MR) is 85.0 cm³/mol. The fourth-order valence-corrected chi connectivity index (χ4v) is 3.07. The van der Waals surface area contributed by atoms with Gasteiger partial charge in [0, 0.05) is 10.6 Å². The number of thioether (sulfide) groups is 1. The Morgan fingerprint density at radius 2 is 1.85 bits per heavy atom. The minimum absolute atomic E-state index is 0.116. The zero-order valence-corrected chi connectivity index (χ0v) is 12.6. The molecule has 0 saturated heterocycles. The van der Waals surface area contributed by atoms with Crippen molar-refractivity contribution in [1.82, 2.24) is 5.43 Å². The fraction of sp³-hybridized carbons (Fsp3) is 0.250. The molecular formula is C16H20N2OS. The van der Waals surface area contributed by atoms with Crippen LogP contribution in [0.25, 0.3) is 0 Å². The summed E-state index contributed by atoms with van der Waals surface area (Å²) in [7, 11) is 1.67. The molecule has 0 aliphatic heterocycles. The van der Waals surface area contributed by atoms with Gasteiger partial charge in [0.05, 0.1) is 13.2 Å². The van der Waals surface area contributed by atoms with Crippen molar-refractivity contribution in [1.29, 1.82) is 0 Å². The molecule has 2 rings (SSSR count). The van der Waals surface area contributed by atoms with Crippen molar-refractivity contribution in [3.63, 3.8) is 0 Å². The highest BCUT2D eigenvalue weighted by atomic mass is 32.2. The quantitative estimate of drug-likeness (QED) is 0.486. The number of hydrogen-bond donors (Lipinski definition) is 2. The lowest BCUT2D eigenvalue weighted by Crippen LogP contribution is -2.29. The third-order valence-electron chi connectivity index (χ3n) is 3.22. The number of methoxy groups -OCH3 is 1. The van der Waals surface area contributed by atoms with E-state index in [0.717, 1.165) is 17.1 Å². The molecule has 3 N–H and O–H groups in total. The van der Waals surface area contributed by atoms with Crippen LogP contribution >= 0.6 is 11.8 Å². The molecule has 1 unspecified atom stereocenters.